The first-order valence-electron chi connectivity index (χ1n) is 21.6. The van der Waals surface area contributed by atoms with Crippen molar-refractivity contribution >= 4 is 22.9 Å². The SMILES string of the molecule is CCNCCC(C)c1cc2ccc3c(c2oc1=O)C1OC(=O)CC(CCc2cccc(Cc4ccccc4)c2)Cc2ccc(cc2)CCC(=C(C)C)C(=O)OC1C(C)(C)O3. The Bertz CT molecular complexity index is 2390. The van der Waals surface area contributed by atoms with Crippen LogP contribution in [0.5, 0.6) is 5.75 Å². The first kappa shape index (κ1) is 42.6. The highest BCUT2D eigenvalue weighted by Gasteiger charge is 2.50. The van der Waals surface area contributed by atoms with E-state index >= 15 is 0 Å². The molecule has 8 heteroatoms. The van der Waals surface area contributed by atoms with Crippen molar-refractivity contribution in [3.63, 3.8) is 0 Å². The number of carbonyl (C=O) groups excluding carboxylic acids is 2. The molecule has 1 N–H and O–H groups in total. The van der Waals surface area contributed by atoms with Crippen molar-refractivity contribution in [3.8, 4) is 5.75 Å². The fraction of sp³-hybridized carbons (Fsp3) is 0.404. The van der Waals surface area contributed by atoms with Crippen LogP contribution >= 0.6 is 0 Å². The predicted octanol–water partition coefficient (Wildman–Crippen LogP) is 10.3. The molecule has 0 fully saturated rings. The summed E-state index contributed by atoms with van der Waals surface area (Å²) in [6, 6.07) is 33.2. The maximum absolute atomic E-state index is 14.5. The lowest BCUT2D eigenvalue weighted by Gasteiger charge is -2.43. The number of hydrogen-bond acceptors (Lipinski definition) is 8. The summed E-state index contributed by atoms with van der Waals surface area (Å²) < 4.78 is 25.8. The number of fused-ring (bicyclic) bond motifs is 13. The number of ether oxygens (including phenoxy) is 3. The van der Waals surface area contributed by atoms with E-state index in [4.69, 9.17) is 18.6 Å². The second-order valence-corrected chi connectivity index (χ2v) is 17.5. The average Bonchev–Trinajstić information content (AvgIpc) is 3.21. The fourth-order valence-corrected chi connectivity index (χ4v) is 8.73. The zero-order chi connectivity index (χ0) is 42.4. The van der Waals surface area contributed by atoms with Gasteiger partial charge in [-0.05, 0) is 144 Å². The van der Waals surface area contributed by atoms with E-state index in [2.05, 4.69) is 85.0 Å². The monoisotopic (exact) mass is 809 g/mol. The third-order valence-corrected chi connectivity index (χ3v) is 12.2. The van der Waals surface area contributed by atoms with Gasteiger partial charge in [-0.3, -0.25) is 4.79 Å². The number of rotatable bonds is 10. The minimum atomic E-state index is -1.11. The van der Waals surface area contributed by atoms with Gasteiger partial charge in [-0.1, -0.05) is 98.3 Å². The second kappa shape index (κ2) is 18.8. The normalized spacial score (nSPS) is 19.8. The Morgan fingerprint density at radius 3 is 2.30 bits per heavy atom. The van der Waals surface area contributed by atoms with Crippen LogP contribution in [0.25, 0.3) is 11.0 Å². The topological polar surface area (TPSA) is 104 Å². The highest BCUT2D eigenvalue weighted by Crippen LogP contribution is 2.47. The van der Waals surface area contributed by atoms with Crippen LogP contribution in [-0.2, 0) is 44.7 Å². The molecule has 8 rings (SSSR count). The van der Waals surface area contributed by atoms with E-state index in [0.29, 0.717) is 47.1 Å². The molecule has 2 bridgehead atoms. The molecule has 60 heavy (non-hydrogen) atoms. The largest absolute Gasteiger partial charge is 0.483 e. The van der Waals surface area contributed by atoms with Crippen molar-refractivity contribution < 1.29 is 28.2 Å². The zero-order valence-corrected chi connectivity index (χ0v) is 36.0. The Morgan fingerprint density at radius 2 is 1.55 bits per heavy atom. The Balaban J connectivity index is 1.25. The van der Waals surface area contributed by atoms with Crippen molar-refractivity contribution in [2.75, 3.05) is 13.1 Å². The summed E-state index contributed by atoms with van der Waals surface area (Å²) in [6.45, 7) is 13.2. The smallest absolute Gasteiger partial charge is 0.339 e. The van der Waals surface area contributed by atoms with Crippen molar-refractivity contribution in [2.24, 2.45) is 5.92 Å². The molecule has 1 aromatic heterocycles. The van der Waals surface area contributed by atoms with Gasteiger partial charge in [0.1, 0.15) is 16.9 Å². The lowest BCUT2D eigenvalue weighted by Crippen LogP contribution is -2.52. The van der Waals surface area contributed by atoms with Gasteiger partial charge in [0, 0.05) is 22.9 Å². The summed E-state index contributed by atoms with van der Waals surface area (Å²) in [5, 5.41) is 4.01. The van der Waals surface area contributed by atoms with E-state index in [-0.39, 0.29) is 23.8 Å². The molecule has 4 atom stereocenters. The van der Waals surface area contributed by atoms with E-state index in [1.807, 2.05) is 58.9 Å². The summed E-state index contributed by atoms with van der Waals surface area (Å²) in [5.74, 6) is -0.595. The fourth-order valence-electron chi connectivity index (χ4n) is 8.73. The number of hydrogen-bond donors (Lipinski definition) is 1. The Kier molecular flexibility index (Phi) is 13.4. The van der Waals surface area contributed by atoms with Gasteiger partial charge in [0.25, 0.3) is 0 Å². The summed E-state index contributed by atoms with van der Waals surface area (Å²) in [7, 11) is 0. The van der Waals surface area contributed by atoms with Gasteiger partial charge in [0.2, 0.25) is 0 Å². The molecule has 0 amide bonds. The minimum Gasteiger partial charge on any atom is -0.483 e. The molecule has 4 aromatic carbocycles. The molecule has 0 radical (unpaired) electrons. The maximum Gasteiger partial charge on any atom is 0.339 e. The third-order valence-electron chi connectivity index (χ3n) is 12.2. The van der Waals surface area contributed by atoms with Crippen LogP contribution < -0.4 is 15.7 Å². The van der Waals surface area contributed by atoms with Crippen LogP contribution in [0.15, 0.2) is 117 Å². The first-order valence-corrected chi connectivity index (χ1v) is 21.6. The number of nitrogens with one attached hydrogen (secondary N) is 1. The first-order chi connectivity index (χ1) is 28.9. The summed E-state index contributed by atoms with van der Waals surface area (Å²) in [4.78, 5) is 42.4. The molecule has 314 valence electrons. The quantitative estimate of drug-likeness (QED) is 0.0644. The second-order valence-electron chi connectivity index (χ2n) is 17.5. The van der Waals surface area contributed by atoms with Gasteiger partial charge in [-0.15, -0.1) is 0 Å². The molecule has 4 unspecified atom stereocenters. The van der Waals surface area contributed by atoms with Crippen molar-refractivity contribution in [1.82, 2.24) is 5.32 Å². The van der Waals surface area contributed by atoms with Gasteiger partial charge in [0.05, 0.1) is 5.56 Å². The minimum absolute atomic E-state index is 0.0451. The molecule has 3 aliphatic rings. The predicted molar refractivity (Wildman–Crippen MR) is 236 cm³/mol. The molecule has 0 saturated carbocycles. The molecule has 8 nitrogen and oxygen atoms in total. The van der Waals surface area contributed by atoms with Crippen molar-refractivity contribution in [2.45, 2.75) is 117 Å². The van der Waals surface area contributed by atoms with E-state index in [0.717, 1.165) is 55.5 Å². The Hall–Kier alpha value is -5.47. The number of carbonyl (C=O) groups is 2. The van der Waals surface area contributed by atoms with Gasteiger partial charge < -0.3 is 23.9 Å². The molecule has 3 aliphatic heterocycles. The molecule has 4 heterocycles. The van der Waals surface area contributed by atoms with Crippen molar-refractivity contribution in [1.29, 1.82) is 0 Å². The average molecular weight is 810 g/mol. The van der Waals surface area contributed by atoms with Crippen LogP contribution in [0.1, 0.15) is 118 Å². The lowest BCUT2D eigenvalue weighted by molar-refractivity contribution is -0.188. The van der Waals surface area contributed by atoms with Gasteiger partial charge in [0.15, 0.2) is 12.2 Å². The van der Waals surface area contributed by atoms with Crippen LogP contribution in [0, 0.1) is 5.92 Å². The number of allylic oxidation sites excluding steroid dienone is 1. The van der Waals surface area contributed by atoms with Crippen LogP contribution in [0.4, 0.5) is 0 Å². The summed E-state index contributed by atoms with van der Waals surface area (Å²) in [5.41, 5.74) is 7.06. The number of esters is 2. The summed E-state index contributed by atoms with van der Waals surface area (Å²) >= 11 is 0. The van der Waals surface area contributed by atoms with Crippen LogP contribution in [0.2, 0.25) is 0 Å². The Morgan fingerprint density at radius 1 is 0.817 bits per heavy atom. The molecule has 0 spiro atoms. The molecule has 0 aliphatic carbocycles. The van der Waals surface area contributed by atoms with Gasteiger partial charge in [-0.25, -0.2) is 9.59 Å². The molecule has 5 aromatic rings. The van der Waals surface area contributed by atoms with E-state index in [9.17, 15) is 14.4 Å². The van der Waals surface area contributed by atoms with E-state index in [1.165, 1.54) is 16.7 Å². The number of benzene rings is 4. The van der Waals surface area contributed by atoms with Gasteiger partial charge >= 0.3 is 17.6 Å². The Labute approximate surface area is 354 Å². The highest BCUT2D eigenvalue weighted by molar-refractivity contribution is 5.90. The standard InChI is InChI=1S/C52H59NO7/c1-7-53-27-26-34(4)43-32-41-23-25-44-46(47(41)58-51(43)56)48-49(52(5,6)60-44)59-50(55)42(33(2)3)24-22-35-16-18-38(19-17-35)30-40(31-45(54)57-48)21-20-37-14-11-15-39(29-37)28-36-12-9-8-10-13-36/h8-19,23,25,29,32,34,40,48-49,53H,7,20-22,24,26-28,30-31H2,1-6H3. The maximum atomic E-state index is 14.5. The zero-order valence-electron chi connectivity index (χ0n) is 36.0. The van der Waals surface area contributed by atoms with Crippen LogP contribution in [-0.4, -0.2) is 36.7 Å². The third kappa shape index (κ3) is 10.1. The lowest BCUT2D eigenvalue weighted by atomic mass is 9.86. The van der Waals surface area contributed by atoms with Crippen LogP contribution in [0.3, 0.4) is 0 Å². The van der Waals surface area contributed by atoms with Gasteiger partial charge in [-0.2, -0.15) is 0 Å². The highest BCUT2D eigenvalue weighted by atomic mass is 16.6. The number of aryl methyl sites for hydroxylation is 2. The molecular formula is C52H59NO7. The molecular weight excluding hydrogens is 751 g/mol. The van der Waals surface area contributed by atoms with Crippen molar-refractivity contribution in [3.05, 3.63) is 158 Å². The molecule has 0 saturated heterocycles. The van der Waals surface area contributed by atoms with E-state index < -0.39 is 35.4 Å². The van der Waals surface area contributed by atoms with E-state index in [1.54, 1.807) is 0 Å². The summed E-state index contributed by atoms with van der Waals surface area (Å²) in [6.07, 6.45) is 2.99.